The van der Waals surface area contributed by atoms with Crippen molar-refractivity contribution < 1.29 is 9.47 Å². The van der Waals surface area contributed by atoms with Crippen LogP contribution in [0.4, 0.5) is 11.6 Å². The van der Waals surface area contributed by atoms with Gasteiger partial charge >= 0.3 is 0 Å². The van der Waals surface area contributed by atoms with Crippen LogP contribution >= 0.6 is 12.2 Å². The normalized spacial score (nSPS) is 10.6. The lowest BCUT2D eigenvalue weighted by atomic mass is 10.2. The maximum atomic E-state index is 5.54. The quantitative estimate of drug-likeness (QED) is 0.434. The number of imidazole rings is 1. The summed E-state index contributed by atoms with van der Waals surface area (Å²) in [6.07, 6.45) is 0. The molecule has 0 saturated heterocycles. The Kier molecular flexibility index (Phi) is 5.81. The monoisotopic (exact) mass is 418 g/mol. The molecule has 3 aromatic carbocycles. The second kappa shape index (κ2) is 8.84. The van der Waals surface area contributed by atoms with E-state index in [1.807, 2.05) is 54.6 Å². The Morgan fingerprint density at radius 2 is 1.63 bits per heavy atom. The third-order valence-electron chi connectivity index (χ3n) is 4.70. The van der Waals surface area contributed by atoms with Crippen LogP contribution in [-0.4, -0.2) is 28.9 Å². The first-order chi connectivity index (χ1) is 14.7. The van der Waals surface area contributed by atoms with E-state index >= 15 is 0 Å². The molecule has 0 amide bonds. The summed E-state index contributed by atoms with van der Waals surface area (Å²) in [5.74, 6) is 1.96. The van der Waals surface area contributed by atoms with Gasteiger partial charge in [0.2, 0.25) is 5.95 Å². The van der Waals surface area contributed by atoms with E-state index in [1.54, 1.807) is 14.2 Å². The molecule has 152 valence electrons. The van der Waals surface area contributed by atoms with E-state index in [-0.39, 0.29) is 0 Å². The molecule has 30 heavy (non-hydrogen) atoms. The molecule has 0 spiro atoms. The van der Waals surface area contributed by atoms with Gasteiger partial charge in [0.1, 0.15) is 0 Å². The van der Waals surface area contributed by atoms with E-state index in [0.29, 0.717) is 29.1 Å². The molecule has 0 radical (unpaired) electrons. The third kappa shape index (κ3) is 4.21. The van der Waals surface area contributed by atoms with Crippen LogP contribution in [-0.2, 0) is 6.54 Å². The van der Waals surface area contributed by atoms with Crippen molar-refractivity contribution in [1.29, 1.82) is 0 Å². The maximum absolute atomic E-state index is 5.54. The zero-order chi connectivity index (χ0) is 20.9. The highest BCUT2D eigenvalue weighted by molar-refractivity contribution is 7.80. The fourth-order valence-corrected chi connectivity index (χ4v) is 3.48. The lowest BCUT2D eigenvalue weighted by Crippen LogP contribution is -2.22. The average Bonchev–Trinajstić information content (AvgIpc) is 3.11. The molecule has 1 aromatic heterocycles. The minimum atomic E-state index is 0.437. The number of anilines is 2. The predicted octanol–water partition coefficient (Wildman–Crippen LogP) is 4.91. The Balaban J connectivity index is 1.59. The van der Waals surface area contributed by atoms with Crippen molar-refractivity contribution in [3.8, 4) is 11.5 Å². The molecule has 4 rings (SSSR count). The van der Waals surface area contributed by atoms with Gasteiger partial charge in [-0.15, -0.1) is 0 Å². The van der Waals surface area contributed by atoms with Crippen molar-refractivity contribution in [2.24, 2.45) is 0 Å². The number of hydrogen-bond acceptors (Lipinski definition) is 4. The number of fused-ring (bicyclic) bond motifs is 1. The van der Waals surface area contributed by atoms with Gasteiger partial charge in [-0.2, -0.15) is 0 Å². The summed E-state index contributed by atoms with van der Waals surface area (Å²) in [6, 6.07) is 23.8. The van der Waals surface area contributed by atoms with Crippen LogP contribution in [0.25, 0.3) is 11.0 Å². The molecular formula is C23H22N4O2S. The van der Waals surface area contributed by atoms with E-state index in [1.165, 1.54) is 5.56 Å². The predicted molar refractivity (Wildman–Crippen MR) is 125 cm³/mol. The summed E-state index contributed by atoms with van der Waals surface area (Å²) in [5, 5.41) is 6.86. The van der Waals surface area contributed by atoms with Gasteiger partial charge in [0, 0.05) is 11.8 Å². The number of aromatic nitrogens is 2. The molecule has 0 aliphatic carbocycles. The molecular weight excluding hydrogens is 396 g/mol. The molecule has 0 saturated carbocycles. The molecule has 7 heteroatoms. The molecule has 0 aliphatic rings. The summed E-state index contributed by atoms with van der Waals surface area (Å²) in [5.41, 5.74) is 3.92. The van der Waals surface area contributed by atoms with Crippen molar-refractivity contribution >= 4 is 40.0 Å². The summed E-state index contributed by atoms with van der Waals surface area (Å²) in [4.78, 5) is 4.73. The highest BCUT2D eigenvalue weighted by Gasteiger charge is 2.13. The average molecular weight is 419 g/mol. The summed E-state index contributed by atoms with van der Waals surface area (Å²) >= 11 is 5.54. The van der Waals surface area contributed by atoms with Crippen LogP contribution in [0.2, 0.25) is 0 Å². The van der Waals surface area contributed by atoms with Crippen LogP contribution in [0.15, 0.2) is 72.8 Å². The van der Waals surface area contributed by atoms with E-state index in [4.69, 9.17) is 26.7 Å². The smallest absolute Gasteiger partial charge is 0.210 e. The molecule has 1 heterocycles. The third-order valence-corrected chi connectivity index (χ3v) is 4.91. The van der Waals surface area contributed by atoms with Gasteiger partial charge in [-0.3, -0.25) is 0 Å². The van der Waals surface area contributed by atoms with Crippen LogP contribution in [0, 0.1) is 0 Å². The lowest BCUT2D eigenvalue weighted by Gasteiger charge is -2.14. The standard InChI is InChI=1S/C23H22N4O2S/c1-28-20-13-12-17(14-21(20)29-2)24-23(30)26-22-25-18-10-6-7-11-19(18)27(22)15-16-8-4-3-5-9-16/h3-14H,15H2,1-2H3,(H2,24,25,26,30). The Morgan fingerprint density at radius 3 is 2.40 bits per heavy atom. The summed E-state index contributed by atoms with van der Waals surface area (Å²) < 4.78 is 12.8. The second-order valence-electron chi connectivity index (χ2n) is 6.64. The first kappa shape index (κ1) is 19.7. The zero-order valence-electron chi connectivity index (χ0n) is 16.8. The Morgan fingerprint density at radius 1 is 0.900 bits per heavy atom. The molecule has 0 bridgehead atoms. The summed E-state index contributed by atoms with van der Waals surface area (Å²) in [7, 11) is 3.21. The van der Waals surface area contributed by atoms with Crippen molar-refractivity contribution in [1.82, 2.24) is 9.55 Å². The molecule has 2 N–H and O–H groups in total. The Hall–Kier alpha value is -3.58. The first-order valence-corrected chi connectivity index (χ1v) is 9.88. The molecule has 0 aliphatic heterocycles. The first-order valence-electron chi connectivity index (χ1n) is 9.47. The van der Waals surface area contributed by atoms with Gasteiger partial charge in [-0.25, -0.2) is 4.98 Å². The number of para-hydroxylation sites is 2. The van der Waals surface area contributed by atoms with Gasteiger partial charge in [-0.1, -0.05) is 42.5 Å². The largest absolute Gasteiger partial charge is 0.493 e. The van der Waals surface area contributed by atoms with Crippen LogP contribution in [0.3, 0.4) is 0 Å². The zero-order valence-corrected chi connectivity index (χ0v) is 17.6. The topological polar surface area (TPSA) is 60.3 Å². The van der Waals surface area contributed by atoms with Crippen molar-refractivity contribution in [3.05, 3.63) is 78.4 Å². The van der Waals surface area contributed by atoms with Crippen LogP contribution in [0.1, 0.15) is 5.56 Å². The number of nitrogens with one attached hydrogen (secondary N) is 2. The fourth-order valence-electron chi connectivity index (χ4n) is 3.27. The number of hydrogen-bond donors (Lipinski definition) is 2. The van der Waals surface area contributed by atoms with Gasteiger partial charge < -0.3 is 24.7 Å². The maximum Gasteiger partial charge on any atom is 0.210 e. The Bertz CT molecular complexity index is 1170. The SMILES string of the molecule is COc1ccc(NC(=S)Nc2nc3ccccc3n2Cc2ccccc2)cc1OC. The molecule has 4 aromatic rings. The van der Waals surface area contributed by atoms with E-state index in [2.05, 4.69) is 33.4 Å². The number of rotatable bonds is 6. The lowest BCUT2D eigenvalue weighted by molar-refractivity contribution is 0.355. The second-order valence-corrected chi connectivity index (χ2v) is 7.05. The summed E-state index contributed by atoms with van der Waals surface area (Å²) in [6.45, 7) is 0.683. The molecule has 0 atom stereocenters. The molecule has 0 fully saturated rings. The van der Waals surface area contributed by atoms with E-state index < -0.39 is 0 Å². The highest BCUT2D eigenvalue weighted by atomic mass is 32.1. The van der Waals surface area contributed by atoms with Crippen molar-refractivity contribution in [2.75, 3.05) is 24.9 Å². The molecule has 6 nitrogen and oxygen atoms in total. The number of benzene rings is 3. The Labute approximate surface area is 180 Å². The van der Waals surface area contributed by atoms with Crippen LogP contribution in [0.5, 0.6) is 11.5 Å². The van der Waals surface area contributed by atoms with Crippen molar-refractivity contribution in [3.63, 3.8) is 0 Å². The van der Waals surface area contributed by atoms with Gasteiger partial charge in [0.25, 0.3) is 0 Å². The number of thiocarbonyl (C=S) groups is 1. The van der Waals surface area contributed by atoms with Gasteiger partial charge in [0.05, 0.1) is 31.8 Å². The van der Waals surface area contributed by atoms with Crippen LogP contribution < -0.4 is 20.1 Å². The minimum absolute atomic E-state index is 0.437. The minimum Gasteiger partial charge on any atom is -0.493 e. The van der Waals surface area contributed by atoms with Crippen molar-refractivity contribution in [2.45, 2.75) is 6.54 Å². The number of nitrogens with zero attached hydrogens (tertiary/aromatic N) is 2. The molecule has 0 unspecified atom stereocenters. The fraction of sp³-hybridized carbons (Fsp3) is 0.130. The van der Waals surface area contributed by atoms with E-state index in [0.717, 1.165) is 16.7 Å². The van der Waals surface area contributed by atoms with Gasteiger partial charge in [0.15, 0.2) is 16.6 Å². The number of methoxy groups -OCH3 is 2. The highest BCUT2D eigenvalue weighted by Crippen LogP contribution is 2.30. The van der Waals surface area contributed by atoms with E-state index in [9.17, 15) is 0 Å². The van der Waals surface area contributed by atoms with Gasteiger partial charge in [-0.05, 0) is 42.0 Å². The number of ether oxygens (including phenoxy) is 2.